The molecular weight excluding hydrogens is 166 g/mol. The van der Waals surface area contributed by atoms with Crippen LogP contribution in [0.1, 0.15) is 25.7 Å². The molecule has 1 heterocycles. The van der Waals surface area contributed by atoms with Gasteiger partial charge in [0.05, 0.1) is 12.5 Å². The van der Waals surface area contributed by atoms with Gasteiger partial charge in [-0.15, -0.1) is 0 Å². The highest BCUT2D eigenvalue weighted by molar-refractivity contribution is 6.16. The van der Waals surface area contributed by atoms with E-state index >= 15 is 0 Å². The lowest BCUT2D eigenvalue weighted by atomic mass is 9.86. The van der Waals surface area contributed by atoms with Crippen LogP contribution in [0.25, 0.3) is 0 Å². The lowest BCUT2D eigenvalue weighted by Crippen LogP contribution is -2.33. The molecule has 0 aromatic carbocycles. The number of amidine groups is 1. The first kappa shape index (κ1) is 8.56. The number of carbonyl (C=O) groups is 1. The molecule has 70 valence electrons. The fourth-order valence-electron chi connectivity index (χ4n) is 1.88. The summed E-state index contributed by atoms with van der Waals surface area (Å²) in [5.41, 5.74) is 6.40. The molecule has 1 amide bonds. The Kier molecular flexibility index (Phi) is 2.22. The lowest BCUT2D eigenvalue weighted by Gasteiger charge is -2.24. The highest BCUT2D eigenvalue weighted by Gasteiger charge is 2.30. The first-order chi connectivity index (χ1) is 6.31. The highest BCUT2D eigenvalue weighted by Crippen LogP contribution is 2.25. The van der Waals surface area contributed by atoms with Crippen molar-refractivity contribution in [3.8, 4) is 0 Å². The highest BCUT2D eigenvalue weighted by atomic mass is 16.1. The average molecular weight is 179 g/mol. The Bertz CT molecular complexity index is 293. The third kappa shape index (κ3) is 1.54. The summed E-state index contributed by atoms with van der Waals surface area (Å²) in [5.74, 6) is 0.437. The molecule has 0 saturated heterocycles. The van der Waals surface area contributed by atoms with Crippen LogP contribution >= 0.6 is 0 Å². The largest absolute Gasteiger partial charge is 0.324 e. The van der Waals surface area contributed by atoms with Crippen LogP contribution in [-0.4, -0.2) is 24.0 Å². The Morgan fingerprint density at radius 1 is 1.38 bits per heavy atom. The van der Waals surface area contributed by atoms with Crippen LogP contribution in [0, 0.1) is 5.92 Å². The molecule has 1 aliphatic carbocycles. The maximum Gasteiger partial charge on any atom is 0.256 e. The summed E-state index contributed by atoms with van der Waals surface area (Å²) < 4.78 is 0. The van der Waals surface area contributed by atoms with Gasteiger partial charge in [0.25, 0.3) is 5.91 Å². The Hall–Kier alpha value is -1.03. The van der Waals surface area contributed by atoms with Gasteiger partial charge in [-0.25, -0.2) is 4.99 Å². The standard InChI is InChI=1S/C9H13N3O/c10-5-8-11-7-4-2-1-3-6(7)9(13)12-8/h6H,1-5,10H2. The lowest BCUT2D eigenvalue weighted by molar-refractivity contribution is -0.120. The van der Waals surface area contributed by atoms with Crippen molar-refractivity contribution >= 4 is 17.5 Å². The first-order valence-corrected chi connectivity index (χ1v) is 4.70. The number of amides is 1. The minimum Gasteiger partial charge on any atom is -0.324 e. The SMILES string of the molecule is NCC1=NC(=O)C2CCCCC2=N1. The molecule has 2 N–H and O–H groups in total. The fraction of sp³-hybridized carbons (Fsp3) is 0.667. The van der Waals surface area contributed by atoms with E-state index in [2.05, 4.69) is 9.98 Å². The maximum atomic E-state index is 11.5. The molecule has 13 heavy (non-hydrogen) atoms. The summed E-state index contributed by atoms with van der Waals surface area (Å²) in [7, 11) is 0. The van der Waals surface area contributed by atoms with Gasteiger partial charge in [-0.05, 0) is 19.3 Å². The van der Waals surface area contributed by atoms with E-state index in [-0.39, 0.29) is 18.4 Å². The van der Waals surface area contributed by atoms with Crippen molar-refractivity contribution in [1.29, 1.82) is 0 Å². The van der Waals surface area contributed by atoms with Gasteiger partial charge in [-0.3, -0.25) is 4.79 Å². The van der Waals surface area contributed by atoms with E-state index < -0.39 is 0 Å². The average Bonchev–Trinajstić information content (AvgIpc) is 2.18. The van der Waals surface area contributed by atoms with E-state index in [0.717, 1.165) is 31.4 Å². The molecule has 4 nitrogen and oxygen atoms in total. The van der Waals surface area contributed by atoms with Crippen LogP contribution in [-0.2, 0) is 4.79 Å². The maximum absolute atomic E-state index is 11.5. The quantitative estimate of drug-likeness (QED) is 0.637. The summed E-state index contributed by atoms with van der Waals surface area (Å²) in [6.07, 6.45) is 4.11. The number of hydrogen-bond donors (Lipinski definition) is 1. The molecule has 1 aliphatic heterocycles. The third-order valence-corrected chi connectivity index (χ3v) is 2.57. The van der Waals surface area contributed by atoms with E-state index in [1.54, 1.807) is 0 Å². The fourth-order valence-corrected chi connectivity index (χ4v) is 1.88. The summed E-state index contributed by atoms with van der Waals surface area (Å²) in [5, 5.41) is 0. The van der Waals surface area contributed by atoms with E-state index in [4.69, 9.17) is 5.73 Å². The second kappa shape index (κ2) is 3.38. The van der Waals surface area contributed by atoms with Crippen LogP contribution in [0.2, 0.25) is 0 Å². The molecular formula is C9H13N3O. The zero-order chi connectivity index (χ0) is 9.26. The van der Waals surface area contributed by atoms with Crippen LogP contribution in [0.15, 0.2) is 9.98 Å². The Morgan fingerprint density at radius 3 is 3.00 bits per heavy atom. The Balaban J connectivity index is 2.26. The molecule has 1 saturated carbocycles. The van der Waals surface area contributed by atoms with Gasteiger partial charge in [0.1, 0.15) is 5.84 Å². The van der Waals surface area contributed by atoms with Crippen molar-refractivity contribution in [3.63, 3.8) is 0 Å². The van der Waals surface area contributed by atoms with Crippen LogP contribution in [0.4, 0.5) is 0 Å². The summed E-state index contributed by atoms with van der Waals surface area (Å²) in [6.45, 7) is 0.266. The first-order valence-electron chi connectivity index (χ1n) is 4.70. The predicted molar refractivity (Wildman–Crippen MR) is 50.9 cm³/mol. The minimum atomic E-state index is -0.0369. The minimum absolute atomic E-state index is 0.0240. The van der Waals surface area contributed by atoms with Crippen LogP contribution < -0.4 is 5.73 Å². The summed E-state index contributed by atoms with van der Waals surface area (Å²) in [6, 6.07) is 0. The molecule has 0 radical (unpaired) electrons. The van der Waals surface area contributed by atoms with Crippen LogP contribution in [0.5, 0.6) is 0 Å². The zero-order valence-electron chi connectivity index (χ0n) is 7.49. The predicted octanol–water partition coefficient (Wildman–Crippen LogP) is 0.515. The number of rotatable bonds is 1. The Labute approximate surface area is 76.9 Å². The molecule has 0 bridgehead atoms. The van der Waals surface area contributed by atoms with Crippen molar-refractivity contribution < 1.29 is 4.79 Å². The third-order valence-electron chi connectivity index (χ3n) is 2.57. The molecule has 0 aromatic rings. The van der Waals surface area contributed by atoms with Crippen molar-refractivity contribution in [1.82, 2.24) is 0 Å². The van der Waals surface area contributed by atoms with E-state index in [0.29, 0.717) is 5.84 Å². The van der Waals surface area contributed by atoms with Crippen molar-refractivity contribution in [3.05, 3.63) is 0 Å². The number of aliphatic imine (C=N–C) groups is 2. The number of carbonyl (C=O) groups excluding carboxylic acids is 1. The van der Waals surface area contributed by atoms with Crippen molar-refractivity contribution in [2.24, 2.45) is 21.6 Å². The molecule has 1 unspecified atom stereocenters. The second-order valence-electron chi connectivity index (χ2n) is 3.47. The topological polar surface area (TPSA) is 67.8 Å². The van der Waals surface area contributed by atoms with E-state index in [1.165, 1.54) is 0 Å². The molecule has 0 aromatic heterocycles. The molecule has 4 heteroatoms. The summed E-state index contributed by atoms with van der Waals surface area (Å²) >= 11 is 0. The van der Waals surface area contributed by atoms with Crippen LogP contribution in [0.3, 0.4) is 0 Å². The van der Waals surface area contributed by atoms with Gasteiger partial charge in [0, 0.05) is 5.71 Å². The zero-order valence-corrected chi connectivity index (χ0v) is 7.49. The molecule has 1 atom stereocenters. The molecule has 0 spiro atoms. The van der Waals surface area contributed by atoms with Gasteiger partial charge < -0.3 is 5.73 Å². The number of nitrogens with zero attached hydrogens (tertiary/aromatic N) is 2. The monoisotopic (exact) mass is 179 g/mol. The molecule has 1 fully saturated rings. The number of nitrogens with two attached hydrogens (primary N) is 1. The smallest absolute Gasteiger partial charge is 0.256 e. The van der Waals surface area contributed by atoms with Gasteiger partial charge in [-0.1, -0.05) is 6.42 Å². The van der Waals surface area contributed by atoms with Crippen molar-refractivity contribution in [2.45, 2.75) is 25.7 Å². The number of hydrogen-bond acceptors (Lipinski definition) is 3. The van der Waals surface area contributed by atoms with Gasteiger partial charge in [0.15, 0.2) is 0 Å². The molecule has 2 rings (SSSR count). The van der Waals surface area contributed by atoms with E-state index in [9.17, 15) is 4.79 Å². The second-order valence-corrected chi connectivity index (χ2v) is 3.47. The molecule has 2 aliphatic rings. The van der Waals surface area contributed by atoms with Crippen molar-refractivity contribution in [2.75, 3.05) is 6.54 Å². The summed E-state index contributed by atoms with van der Waals surface area (Å²) in [4.78, 5) is 19.6. The van der Waals surface area contributed by atoms with Gasteiger partial charge in [0.2, 0.25) is 0 Å². The van der Waals surface area contributed by atoms with Gasteiger partial charge in [-0.2, -0.15) is 4.99 Å². The number of fused-ring (bicyclic) bond motifs is 1. The van der Waals surface area contributed by atoms with E-state index in [1.807, 2.05) is 0 Å². The normalized spacial score (nSPS) is 27.8. The Morgan fingerprint density at radius 2 is 2.23 bits per heavy atom. The van der Waals surface area contributed by atoms with Gasteiger partial charge >= 0.3 is 0 Å².